The van der Waals surface area contributed by atoms with E-state index < -0.39 is 12.2 Å². The number of nitrogens with two attached hydrogens (primary N) is 1. The molecule has 1 unspecified atom stereocenters. The summed E-state index contributed by atoms with van der Waals surface area (Å²) in [6.45, 7) is 2.01. The third-order valence-electron chi connectivity index (χ3n) is 1.49. The third-order valence-corrected chi connectivity index (χ3v) is 1.49. The minimum atomic E-state index is -1.09. The summed E-state index contributed by atoms with van der Waals surface area (Å²) in [6, 6.07) is 0. The van der Waals surface area contributed by atoms with Crippen LogP contribution in [-0.2, 0) is 9.53 Å². The van der Waals surface area contributed by atoms with Gasteiger partial charge in [0, 0.05) is 19.0 Å². The van der Waals surface area contributed by atoms with Crippen molar-refractivity contribution in [1.29, 1.82) is 0 Å². The number of ether oxygens (including phenoxy) is 1. The number of nitrogens with zero attached hydrogens (tertiary/aromatic N) is 2. The largest absolute Gasteiger partial charge is 0.478 e. The lowest BCUT2D eigenvalue weighted by molar-refractivity contribution is -0.156. The highest BCUT2D eigenvalue weighted by Gasteiger charge is 2.20. The first kappa shape index (κ1) is 12.7. The summed E-state index contributed by atoms with van der Waals surface area (Å²) in [7, 11) is 0. The Balaban J connectivity index is 0.00000169. The van der Waals surface area contributed by atoms with Gasteiger partial charge in [0.05, 0.1) is 0 Å². The van der Waals surface area contributed by atoms with Crippen molar-refractivity contribution in [2.24, 2.45) is 0 Å². The molecular weight excluding hydrogens is 210 g/mol. The van der Waals surface area contributed by atoms with Crippen LogP contribution in [0.4, 0.5) is 5.95 Å². The van der Waals surface area contributed by atoms with Crippen LogP contribution in [0.25, 0.3) is 0 Å². The average molecular weight is 222 g/mol. The maximum Gasteiger partial charge on any atom is 0.354 e. The van der Waals surface area contributed by atoms with Gasteiger partial charge in [-0.05, 0) is 6.92 Å². The molecule has 0 saturated heterocycles. The summed E-state index contributed by atoms with van der Waals surface area (Å²) >= 11 is 0. The normalized spacial score (nSPS) is 11.8. The zero-order chi connectivity index (χ0) is 9.84. The first-order valence-corrected chi connectivity index (χ1v) is 3.79. The third kappa shape index (κ3) is 2.61. The standard InChI is InChI=1S/C7H11N3O3.ClH/c1-2-13-5(6(11)12)10-4-3-9-7(10)8;/h3-5H,2H2,1H3,(H2,8,9)(H,11,12);1H. The van der Waals surface area contributed by atoms with Gasteiger partial charge in [0.15, 0.2) is 0 Å². The number of anilines is 1. The van der Waals surface area contributed by atoms with E-state index in [1.165, 1.54) is 17.0 Å². The summed E-state index contributed by atoms with van der Waals surface area (Å²) in [5.74, 6) is -0.965. The van der Waals surface area contributed by atoms with Crippen LogP contribution in [0.5, 0.6) is 0 Å². The van der Waals surface area contributed by atoms with Gasteiger partial charge >= 0.3 is 5.97 Å². The molecule has 14 heavy (non-hydrogen) atoms. The van der Waals surface area contributed by atoms with Crippen molar-refractivity contribution in [1.82, 2.24) is 9.55 Å². The van der Waals surface area contributed by atoms with Crippen LogP contribution >= 0.6 is 12.4 Å². The first-order chi connectivity index (χ1) is 6.16. The Bertz CT molecular complexity index is 302. The molecule has 80 valence electrons. The fraction of sp³-hybridized carbons (Fsp3) is 0.429. The second-order valence-electron chi connectivity index (χ2n) is 2.34. The van der Waals surface area contributed by atoms with Crippen LogP contribution in [0, 0.1) is 0 Å². The minimum absolute atomic E-state index is 0. The zero-order valence-corrected chi connectivity index (χ0v) is 8.40. The molecule has 0 aliphatic heterocycles. The molecule has 0 saturated carbocycles. The van der Waals surface area contributed by atoms with Crippen molar-refractivity contribution >= 4 is 24.3 Å². The van der Waals surface area contributed by atoms with Gasteiger partial charge in [-0.3, -0.25) is 4.57 Å². The Morgan fingerprint density at radius 2 is 2.50 bits per heavy atom. The van der Waals surface area contributed by atoms with Crippen LogP contribution in [0.3, 0.4) is 0 Å². The van der Waals surface area contributed by atoms with Gasteiger partial charge in [-0.1, -0.05) is 0 Å². The van der Waals surface area contributed by atoms with Crippen LogP contribution in [0.15, 0.2) is 12.4 Å². The number of carboxylic acid groups (broad SMARTS) is 1. The number of imidazole rings is 1. The smallest absolute Gasteiger partial charge is 0.354 e. The van der Waals surface area contributed by atoms with Gasteiger partial charge in [0.1, 0.15) is 0 Å². The summed E-state index contributed by atoms with van der Waals surface area (Å²) < 4.78 is 6.23. The number of hydrogen-bond donors (Lipinski definition) is 2. The van der Waals surface area contributed by atoms with Crippen molar-refractivity contribution in [3.63, 3.8) is 0 Å². The molecule has 0 amide bonds. The lowest BCUT2D eigenvalue weighted by atomic mass is 10.5. The number of halogens is 1. The number of carboxylic acids is 1. The van der Waals surface area contributed by atoms with E-state index in [1.54, 1.807) is 6.92 Å². The van der Waals surface area contributed by atoms with Crippen LogP contribution in [0.2, 0.25) is 0 Å². The predicted octanol–water partition coefficient (Wildman–Crippen LogP) is 0.507. The number of aliphatic carboxylic acids is 1. The van der Waals surface area contributed by atoms with Crippen molar-refractivity contribution < 1.29 is 14.6 Å². The van der Waals surface area contributed by atoms with Gasteiger partial charge in [0.2, 0.25) is 12.2 Å². The molecule has 0 aliphatic rings. The summed E-state index contributed by atoms with van der Waals surface area (Å²) in [4.78, 5) is 14.4. The summed E-state index contributed by atoms with van der Waals surface area (Å²) in [6.07, 6.45) is 1.79. The maximum absolute atomic E-state index is 10.7. The molecule has 0 fully saturated rings. The van der Waals surface area contributed by atoms with E-state index in [9.17, 15) is 4.79 Å². The lowest BCUT2D eigenvalue weighted by Crippen LogP contribution is -2.22. The van der Waals surface area contributed by atoms with E-state index in [1.807, 2.05) is 0 Å². The molecule has 3 N–H and O–H groups in total. The molecule has 0 aliphatic carbocycles. The van der Waals surface area contributed by atoms with Crippen LogP contribution in [-0.4, -0.2) is 27.2 Å². The Morgan fingerprint density at radius 3 is 2.86 bits per heavy atom. The van der Waals surface area contributed by atoms with E-state index in [4.69, 9.17) is 15.6 Å². The topological polar surface area (TPSA) is 90.4 Å². The molecule has 1 aromatic heterocycles. The summed E-state index contributed by atoms with van der Waals surface area (Å²) in [5, 5.41) is 8.77. The highest BCUT2D eigenvalue weighted by Crippen LogP contribution is 2.12. The molecule has 1 atom stereocenters. The van der Waals surface area contributed by atoms with Crippen molar-refractivity contribution in [3.8, 4) is 0 Å². The molecule has 6 nitrogen and oxygen atoms in total. The number of nitrogen functional groups attached to an aromatic ring is 1. The Labute approximate surface area is 87.1 Å². The number of rotatable bonds is 4. The SMILES string of the molecule is CCOC(C(=O)O)n1ccnc1N.Cl. The van der Waals surface area contributed by atoms with Crippen molar-refractivity contribution in [2.75, 3.05) is 12.3 Å². The van der Waals surface area contributed by atoms with E-state index in [-0.39, 0.29) is 18.4 Å². The quantitative estimate of drug-likeness (QED) is 0.773. The number of aromatic nitrogens is 2. The van der Waals surface area contributed by atoms with E-state index in [0.717, 1.165) is 0 Å². The van der Waals surface area contributed by atoms with Crippen LogP contribution < -0.4 is 5.73 Å². The van der Waals surface area contributed by atoms with E-state index >= 15 is 0 Å². The monoisotopic (exact) mass is 221 g/mol. The van der Waals surface area contributed by atoms with Gasteiger partial charge in [-0.15, -0.1) is 12.4 Å². The van der Waals surface area contributed by atoms with Gasteiger partial charge in [0.25, 0.3) is 0 Å². The molecule has 1 aromatic rings. The van der Waals surface area contributed by atoms with Crippen molar-refractivity contribution in [3.05, 3.63) is 12.4 Å². The number of hydrogen-bond acceptors (Lipinski definition) is 4. The molecule has 7 heteroatoms. The maximum atomic E-state index is 10.7. The second-order valence-corrected chi connectivity index (χ2v) is 2.34. The van der Waals surface area contributed by atoms with E-state index in [2.05, 4.69) is 4.98 Å². The van der Waals surface area contributed by atoms with Gasteiger partial charge < -0.3 is 15.6 Å². The lowest BCUT2D eigenvalue weighted by Gasteiger charge is -2.14. The Kier molecular flexibility index (Phi) is 4.96. The first-order valence-electron chi connectivity index (χ1n) is 3.79. The molecule has 0 spiro atoms. The molecule has 0 radical (unpaired) electrons. The molecule has 1 heterocycles. The molecule has 1 rings (SSSR count). The van der Waals surface area contributed by atoms with E-state index in [0.29, 0.717) is 6.61 Å². The summed E-state index contributed by atoms with van der Waals surface area (Å²) in [5.41, 5.74) is 5.42. The molecule has 0 aromatic carbocycles. The predicted molar refractivity (Wildman–Crippen MR) is 52.2 cm³/mol. The molecule has 0 bridgehead atoms. The fourth-order valence-electron chi connectivity index (χ4n) is 0.951. The molecular formula is C7H12ClN3O3. The second kappa shape index (κ2) is 5.46. The number of carbonyl (C=O) groups is 1. The Hall–Kier alpha value is -1.27. The highest BCUT2D eigenvalue weighted by molar-refractivity contribution is 5.85. The minimum Gasteiger partial charge on any atom is -0.478 e. The van der Waals surface area contributed by atoms with Crippen molar-refractivity contribution in [2.45, 2.75) is 13.2 Å². The highest BCUT2D eigenvalue weighted by atomic mass is 35.5. The average Bonchev–Trinajstić information content (AvgIpc) is 2.47. The zero-order valence-electron chi connectivity index (χ0n) is 7.58. The fourth-order valence-corrected chi connectivity index (χ4v) is 0.951. The van der Waals surface area contributed by atoms with Crippen LogP contribution in [0.1, 0.15) is 13.2 Å². The van der Waals surface area contributed by atoms with Gasteiger partial charge in [-0.2, -0.15) is 0 Å². The Morgan fingerprint density at radius 1 is 1.86 bits per heavy atom. The van der Waals surface area contributed by atoms with Gasteiger partial charge in [-0.25, -0.2) is 9.78 Å².